The second-order valence-electron chi connectivity index (χ2n) is 3.83. The quantitative estimate of drug-likeness (QED) is 0.689. The van der Waals surface area contributed by atoms with Gasteiger partial charge in [-0.2, -0.15) is 6.42 Å². The Balaban J connectivity index is 0.000000605. The van der Waals surface area contributed by atoms with Gasteiger partial charge in [0, 0.05) is 31.1 Å². The maximum absolute atomic E-state index is 3.32. The van der Waals surface area contributed by atoms with Crippen molar-refractivity contribution in [3.05, 3.63) is 6.54 Å². The molecular weight excluding hydrogens is 360 g/mol. The van der Waals surface area contributed by atoms with Gasteiger partial charge in [0.05, 0.1) is 0 Å². The van der Waals surface area contributed by atoms with Crippen molar-refractivity contribution in [2.75, 3.05) is 6.54 Å². The van der Waals surface area contributed by atoms with E-state index in [1.54, 1.807) is 0 Å². The average Bonchev–Trinajstić information content (AvgIpc) is 2.37. The van der Waals surface area contributed by atoms with Gasteiger partial charge in [-0.15, -0.1) is 0 Å². The van der Waals surface area contributed by atoms with Crippen LogP contribution in [-0.4, -0.2) is 6.54 Å². The van der Waals surface area contributed by atoms with E-state index in [1.165, 1.54) is 25.8 Å². The van der Waals surface area contributed by atoms with E-state index in [-0.39, 0.29) is 31.1 Å². The third-order valence-electron chi connectivity index (χ3n) is 3.24. The standard InChI is InChI=1S/C9H16N.U/c1-7-2-3-9(7)8-4-5-10-6-8;/h5,7-10H,2-4,6H2,1H3;/q-1;/t7?,8-,9?;/m1./s1. The summed E-state index contributed by atoms with van der Waals surface area (Å²) in [6.07, 6.45) is 4.28. The zero-order chi connectivity index (χ0) is 6.97. The molecule has 2 aliphatic rings. The monoisotopic (exact) mass is 376 g/mol. The van der Waals surface area contributed by atoms with Crippen LogP contribution >= 0.6 is 0 Å². The molecule has 1 aliphatic carbocycles. The Morgan fingerprint density at radius 1 is 1.36 bits per heavy atom. The Hall–Kier alpha value is 1.01. The third-order valence-corrected chi connectivity index (χ3v) is 3.24. The van der Waals surface area contributed by atoms with E-state index < -0.39 is 0 Å². The molecule has 0 aromatic rings. The molecule has 62 valence electrons. The molecule has 0 bridgehead atoms. The van der Waals surface area contributed by atoms with Gasteiger partial charge in [-0.25, -0.2) is 0 Å². The normalized spacial score (nSPS) is 42.8. The van der Waals surface area contributed by atoms with Gasteiger partial charge in [-0.3, -0.25) is 6.54 Å². The molecule has 3 atom stereocenters. The van der Waals surface area contributed by atoms with E-state index in [2.05, 4.69) is 18.8 Å². The molecule has 1 aliphatic heterocycles. The Morgan fingerprint density at radius 3 is 2.55 bits per heavy atom. The van der Waals surface area contributed by atoms with Gasteiger partial charge in [0.15, 0.2) is 0 Å². The zero-order valence-electron chi connectivity index (χ0n) is 7.14. The predicted octanol–water partition coefficient (Wildman–Crippen LogP) is 1.80. The first-order valence-corrected chi connectivity index (χ1v) is 4.43. The summed E-state index contributed by atoms with van der Waals surface area (Å²) in [6, 6.07) is 0. The number of hydrogen-bond acceptors (Lipinski definition) is 1. The van der Waals surface area contributed by atoms with Crippen molar-refractivity contribution in [1.82, 2.24) is 5.32 Å². The van der Waals surface area contributed by atoms with E-state index >= 15 is 0 Å². The molecule has 0 aromatic carbocycles. The van der Waals surface area contributed by atoms with Gasteiger partial charge in [0.25, 0.3) is 0 Å². The summed E-state index contributed by atoms with van der Waals surface area (Å²) in [5.41, 5.74) is 0. The van der Waals surface area contributed by atoms with Crippen molar-refractivity contribution in [1.29, 1.82) is 0 Å². The van der Waals surface area contributed by atoms with Crippen molar-refractivity contribution < 1.29 is 31.1 Å². The van der Waals surface area contributed by atoms with Crippen LogP contribution in [0.15, 0.2) is 0 Å². The molecule has 1 saturated carbocycles. The Kier molecular flexibility index (Phi) is 3.95. The molecule has 1 N–H and O–H groups in total. The Morgan fingerprint density at radius 2 is 2.18 bits per heavy atom. The molecule has 0 spiro atoms. The molecule has 2 heteroatoms. The van der Waals surface area contributed by atoms with Crippen LogP contribution in [0, 0.1) is 55.4 Å². The summed E-state index contributed by atoms with van der Waals surface area (Å²) in [4.78, 5) is 0. The maximum Gasteiger partial charge on any atom is 0 e. The minimum absolute atomic E-state index is 0. The molecule has 1 saturated heterocycles. The molecular formula is C9H16NU-. The van der Waals surface area contributed by atoms with E-state index in [9.17, 15) is 0 Å². The molecule has 1 nitrogen and oxygen atoms in total. The van der Waals surface area contributed by atoms with Crippen LogP contribution in [0.25, 0.3) is 0 Å². The largest absolute Gasteiger partial charge is 0.470 e. The molecule has 0 aromatic heterocycles. The first-order chi connectivity index (χ1) is 4.88. The van der Waals surface area contributed by atoms with Crippen molar-refractivity contribution in [3.8, 4) is 0 Å². The second-order valence-corrected chi connectivity index (χ2v) is 3.83. The first-order valence-electron chi connectivity index (χ1n) is 4.43. The molecule has 2 fully saturated rings. The summed E-state index contributed by atoms with van der Waals surface area (Å²) in [6.45, 7) is 5.87. The summed E-state index contributed by atoms with van der Waals surface area (Å²) >= 11 is 0. The van der Waals surface area contributed by atoms with Crippen LogP contribution in [0.4, 0.5) is 0 Å². The van der Waals surface area contributed by atoms with Crippen molar-refractivity contribution in [3.63, 3.8) is 0 Å². The predicted molar refractivity (Wildman–Crippen MR) is 42.3 cm³/mol. The molecule has 2 unspecified atom stereocenters. The maximum atomic E-state index is 3.32. The molecule has 2 rings (SSSR count). The van der Waals surface area contributed by atoms with Gasteiger partial charge in [0.2, 0.25) is 0 Å². The van der Waals surface area contributed by atoms with Gasteiger partial charge in [-0.05, 0) is 24.8 Å². The van der Waals surface area contributed by atoms with Crippen LogP contribution < -0.4 is 5.32 Å². The first kappa shape index (κ1) is 10.1. The van der Waals surface area contributed by atoms with Gasteiger partial charge in [0.1, 0.15) is 0 Å². The summed E-state index contributed by atoms with van der Waals surface area (Å²) in [7, 11) is 0. The number of nitrogens with one attached hydrogen (secondary N) is 1. The van der Waals surface area contributed by atoms with E-state index in [1.807, 2.05) is 0 Å². The number of rotatable bonds is 1. The average molecular weight is 376 g/mol. The Labute approximate surface area is 93.1 Å². The fourth-order valence-electron chi connectivity index (χ4n) is 2.27. The van der Waals surface area contributed by atoms with Crippen LogP contribution in [0.5, 0.6) is 0 Å². The van der Waals surface area contributed by atoms with Crippen molar-refractivity contribution in [2.24, 2.45) is 17.8 Å². The summed E-state index contributed by atoms with van der Waals surface area (Å²) in [5, 5.41) is 3.32. The van der Waals surface area contributed by atoms with Gasteiger partial charge < -0.3 is 5.32 Å². The SMILES string of the molecule is CC1CCC1[C@@H]1C[CH-]NC1.[U]. The van der Waals surface area contributed by atoms with Gasteiger partial charge in [-0.1, -0.05) is 19.3 Å². The molecule has 0 radical (unpaired) electrons. The fraction of sp³-hybridized carbons (Fsp3) is 0.889. The van der Waals surface area contributed by atoms with Crippen LogP contribution in [0.2, 0.25) is 0 Å². The van der Waals surface area contributed by atoms with Crippen LogP contribution in [0.1, 0.15) is 26.2 Å². The summed E-state index contributed by atoms with van der Waals surface area (Å²) < 4.78 is 0. The molecule has 11 heavy (non-hydrogen) atoms. The molecule has 1 heterocycles. The van der Waals surface area contributed by atoms with Gasteiger partial charge >= 0.3 is 0 Å². The fourth-order valence-corrected chi connectivity index (χ4v) is 2.27. The van der Waals surface area contributed by atoms with Crippen LogP contribution in [0.3, 0.4) is 0 Å². The molecule has 0 amide bonds. The topological polar surface area (TPSA) is 12.0 Å². The summed E-state index contributed by atoms with van der Waals surface area (Å²) in [5.74, 6) is 3.04. The second kappa shape index (κ2) is 4.31. The van der Waals surface area contributed by atoms with Crippen LogP contribution in [-0.2, 0) is 0 Å². The van der Waals surface area contributed by atoms with Crippen molar-refractivity contribution in [2.45, 2.75) is 26.2 Å². The van der Waals surface area contributed by atoms with E-state index in [0.29, 0.717) is 0 Å². The Bertz CT molecular complexity index is 121. The zero-order valence-corrected chi connectivity index (χ0v) is 11.3. The smallest absolute Gasteiger partial charge is 0 e. The third kappa shape index (κ3) is 2.03. The van der Waals surface area contributed by atoms with E-state index in [0.717, 1.165) is 17.8 Å². The van der Waals surface area contributed by atoms with Crippen molar-refractivity contribution >= 4 is 0 Å². The minimum Gasteiger partial charge on any atom is -0.470 e. The number of hydrogen-bond donors (Lipinski definition) is 1. The van der Waals surface area contributed by atoms with E-state index in [4.69, 9.17) is 0 Å². The minimum atomic E-state index is 0.